The van der Waals surface area contributed by atoms with Gasteiger partial charge in [0.1, 0.15) is 11.9 Å². The van der Waals surface area contributed by atoms with Crippen molar-refractivity contribution in [2.45, 2.75) is 43.3 Å². The smallest absolute Gasteiger partial charge is 0.123 e. The molecule has 0 aliphatic carbocycles. The molecule has 0 N–H and O–H groups in total. The second-order valence-electron chi connectivity index (χ2n) is 5.59. The number of benzene rings is 2. The Kier molecular flexibility index (Phi) is 4.87. The van der Waals surface area contributed by atoms with Crippen molar-refractivity contribution in [2.24, 2.45) is 0 Å². The van der Waals surface area contributed by atoms with Crippen LogP contribution in [0.15, 0.2) is 54.6 Å². The van der Waals surface area contributed by atoms with Gasteiger partial charge in [-0.15, -0.1) is 11.8 Å². The average molecular weight is 298 g/mol. The summed E-state index contributed by atoms with van der Waals surface area (Å²) in [5.41, 5.74) is 2.77. The molecule has 0 bridgehead atoms. The van der Waals surface area contributed by atoms with Crippen molar-refractivity contribution in [3.05, 3.63) is 65.7 Å². The molecule has 3 rings (SSSR count). The summed E-state index contributed by atoms with van der Waals surface area (Å²) in [6.45, 7) is 2.26. The highest BCUT2D eigenvalue weighted by Crippen LogP contribution is 2.35. The fourth-order valence-corrected chi connectivity index (χ4v) is 4.22. The van der Waals surface area contributed by atoms with Crippen LogP contribution in [0.2, 0.25) is 0 Å². The normalized spacial score (nSPS) is 18.0. The van der Waals surface area contributed by atoms with E-state index in [-0.39, 0.29) is 0 Å². The average Bonchev–Trinajstić information content (AvgIpc) is 2.96. The molecule has 0 amide bonds. The second kappa shape index (κ2) is 7.04. The van der Waals surface area contributed by atoms with Gasteiger partial charge in [0.25, 0.3) is 0 Å². The van der Waals surface area contributed by atoms with E-state index in [1.807, 2.05) is 11.8 Å². The van der Waals surface area contributed by atoms with Crippen LogP contribution in [0.4, 0.5) is 0 Å². The van der Waals surface area contributed by atoms with Crippen molar-refractivity contribution in [3.63, 3.8) is 0 Å². The van der Waals surface area contributed by atoms with E-state index in [2.05, 4.69) is 61.5 Å². The Bertz CT molecular complexity index is 542. The van der Waals surface area contributed by atoms with Crippen LogP contribution in [0.25, 0.3) is 0 Å². The molecule has 110 valence electrons. The van der Waals surface area contributed by atoms with E-state index in [0.29, 0.717) is 11.4 Å². The van der Waals surface area contributed by atoms with E-state index >= 15 is 0 Å². The molecule has 21 heavy (non-hydrogen) atoms. The topological polar surface area (TPSA) is 9.23 Å². The SMILES string of the molecule is CCC[C@@H](SCc1ccccc1)[C@@H]1Cc2ccccc2O1. The molecule has 1 heterocycles. The number of thioether (sulfide) groups is 1. The summed E-state index contributed by atoms with van der Waals surface area (Å²) in [7, 11) is 0. The van der Waals surface area contributed by atoms with E-state index in [0.717, 1.165) is 17.9 Å². The van der Waals surface area contributed by atoms with Gasteiger partial charge in [-0.05, 0) is 23.6 Å². The molecule has 0 unspecified atom stereocenters. The first-order valence-electron chi connectivity index (χ1n) is 7.77. The van der Waals surface area contributed by atoms with Crippen molar-refractivity contribution in [3.8, 4) is 5.75 Å². The monoisotopic (exact) mass is 298 g/mol. The van der Waals surface area contributed by atoms with Gasteiger partial charge in [0.05, 0.1) is 0 Å². The Morgan fingerprint density at radius 1 is 1.10 bits per heavy atom. The summed E-state index contributed by atoms with van der Waals surface area (Å²) >= 11 is 2.04. The Balaban J connectivity index is 1.63. The quantitative estimate of drug-likeness (QED) is 0.734. The summed E-state index contributed by atoms with van der Waals surface area (Å²) in [5, 5.41) is 0.572. The molecule has 1 aliphatic heterocycles. The highest BCUT2D eigenvalue weighted by molar-refractivity contribution is 7.99. The third kappa shape index (κ3) is 3.62. The summed E-state index contributed by atoms with van der Waals surface area (Å²) < 4.78 is 6.19. The van der Waals surface area contributed by atoms with E-state index in [1.165, 1.54) is 24.0 Å². The predicted octanol–water partition coefficient (Wildman–Crippen LogP) is 5.09. The summed E-state index contributed by atoms with van der Waals surface area (Å²) in [4.78, 5) is 0. The zero-order chi connectivity index (χ0) is 14.5. The molecule has 2 atom stereocenters. The molecule has 2 heteroatoms. The van der Waals surface area contributed by atoms with E-state index in [4.69, 9.17) is 4.74 Å². The van der Waals surface area contributed by atoms with E-state index < -0.39 is 0 Å². The number of ether oxygens (including phenoxy) is 1. The summed E-state index contributed by atoms with van der Waals surface area (Å²) in [6, 6.07) is 19.2. The molecule has 0 radical (unpaired) electrons. The number of rotatable bonds is 6. The van der Waals surface area contributed by atoms with Crippen molar-refractivity contribution < 1.29 is 4.74 Å². The molecular formula is C19H22OS. The zero-order valence-corrected chi connectivity index (χ0v) is 13.3. The van der Waals surface area contributed by atoms with Gasteiger partial charge >= 0.3 is 0 Å². The van der Waals surface area contributed by atoms with Crippen LogP contribution in [0.1, 0.15) is 30.9 Å². The van der Waals surface area contributed by atoms with Crippen LogP contribution in [-0.2, 0) is 12.2 Å². The minimum absolute atomic E-state index is 0.330. The lowest BCUT2D eigenvalue weighted by Crippen LogP contribution is -2.27. The van der Waals surface area contributed by atoms with Crippen LogP contribution in [0, 0.1) is 0 Å². The van der Waals surface area contributed by atoms with Crippen LogP contribution in [0.3, 0.4) is 0 Å². The lowest BCUT2D eigenvalue weighted by Gasteiger charge is -2.22. The lowest BCUT2D eigenvalue weighted by atomic mass is 10.1. The Morgan fingerprint density at radius 2 is 1.86 bits per heavy atom. The van der Waals surface area contributed by atoms with Crippen molar-refractivity contribution in [2.75, 3.05) is 0 Å². The highest BCUT2D eigenvalue weighted by atomic mass is 32.2. The first-order chi connectivity index (χ1) is 10.4. The van der Waals surface area contributed by atoms with Gasteiger partial charge in [-0.25, -0.2) is 0 Å². The second-order valence-corrected chi connectivity index (χ2v) is 6.82. The van der Waals surface area contributed by atoms with Gasteiger partial charge in [-0.1, -0.05) is 61.9 Å². The lowest BCUT2D eigenvalue weighted by molar-refractivity contribution is 0.224. The number of fused-ring (bicyclic) bond motifs is 1. The first-order valence-corrected chi connectivity index (χ1v) is 8.82. The van der Waals surface area contributed by atoms with E-state index in [9.17, 15) is 0 Å². The molecule has 0 saturated carbocycles. The minimum Gasteiger partial charge on any atom is -0.489 e. The predicted molar refractivity (Wildman–Crippen MR) is 91.0 cm³/mol. The van der Waals surface area contributed by atoms with Crippen molar-refractivity contribution >= 4 is 11.8 Å². The standard InChI is InChI=1S/C19H22OS/c1-2-8-19(21-14-15-9-4-3-5-10-15)18-13-16-11-6-7-12-17(16)20-18/h3-7,9-12,18-19H,2,8,13-14H2,1H3/t18-,19+/m0/s1. The number of para-hydroxylation sites is 1. The largest absolute Gasteiger partial charge is 0.489 e. The molecule has 1 nitrogen and oxygen atoms in total. The molecular weight excluding hydrogens is 276 g/mol. The fourth-order valence-electron chi connectivity index (χ4n) is 2.85. The van der Waals surface area contributed by atoms with Gasteiger partial charge in [0.2, 0.25) is 0 Å². The molecule has 0 fully saturated rings. The Morgan fingerprint density at radius 3 is 2.62 bits per heavy atom. The van der Waals surface area contributed by atoms with Gasteiger partial charge in [0, 0.05) is 17.4 Å². The van der Waals surface area contributed by atoms with Gasteiger partial charge < -0.3 is 4.74 Å². The Hall–Kier alpha value is -1.41. The fraction of sp³-hybridized carbons (Fsp3) is 0.368. The van der Waals surface area contributed by atoms with Gasteiger partial charge in [0.15, 0.2) is 0 Å². The van der Waals surface area contributed by atoms with Crippen LogP contribution in [-0.4, -0.2) is 11.4 Å². The summed E-state index contributed by atoms with van der Waals surface area (Å²) in [6.07, 6.45) is 3.82. The van der Waals surface area contributed by atoms with E-state index in [1.54, 1.807) is 0 Å². The third-order valence-electron chi connectivity index (χ3n) is 3.97. The maximum absolute atomic E-state index is 6.19. The molecule has 2 aromatic rings. The molecule has 2 aromatic carbocycles. The zero-order valence-electron chi connectivity index (χ0n) is 12.5. The maximum Gasteiger partial charge on any atom is 0.123 e. The van der Waals surface area contributed by atoms with Crippen molar-refractivity contribution in [1.82, 2.24) is 0 Å². The highest BCUT2D eigenvalue weighted by Gasteiger charge is 2.29. The first kappa shape index (κ1) is 14.5. The molecule has 0 aromatic heterocycles. The van der Waals surface area contributed by atoms with Crippen LogP contribution < -0.4 is 4.74 Å². The maximum atomic E-state index is 6.19. The molecule has 0 spiro atoms. The molecule has 0 saturated heterocycles. The van der Waals surface area contributed by atoms with Crippen molar-refractivity contribution in [1.29, 1.82) is 0 Å². The van der Waals surface area contributed by atoms with Crippen LogP contribution >= 0.6 is 11.8 Å². The van der Waals surface area contributed by atoms with Crippen LogP contribution in [0.5, 0.6) is 5.75 Å². The number of hydrogen-bond donors (Lipinski definition) is 0. The minimum atomic E-state index is 0.330. The molecule has 1 aliphatic rings. The van der Waals surface area contributed by atoms with Gasteiger partial charge in [-0.3, -0.25) is 0 Å². The number of hydrogen-bond acceptors (Lipinski definition) is 2. The Labute approximate surface area is 131 Å². The van der Waals surface area contributed by atoms with Gasteiger partial charge in [-0.2, -0.15) is 0 Å². The summed E-state index contributed by atoms with van der Waals surface area (Å²) in [5.74, 6) is 2.16. The third-order valence-corrected chi connectivity index (χ3v) is 5.43.